The highest BCUT2D eigenvalue weighted by atomic mass is 16.1. The first-order valence-electron chi connectivity index (χ1n) is 15.8. The Morgan fingerprint density at radius 2 is 1.81 bits per heavy atom. The van der Waals surface area contributed by atoms with Crippen molar-refractivity contribution in [3.63, 3.8) is 0 Å². The molecule has 205 valence electrons. The van der Waals surface area contributed by atoms with E-state index < -0.39 is 0 Å². The maximum Gasteiger partial charge on any atom is 0.216 e. The third-order valence-corrected chi connectivity index (χ3v) is 11.8. The molecule has 3 fully saturated rings. The van der Waals surface area contributed by atoms with E-state index in [0.717, 1.165) is 61.2 Å². The molecule has 0 bridgehead atoms. The minimum absolute atomic E-state index is 0.129. The minimum Gasteiger partial charge on any atom is -0.330 e. The maximum atomic E-state index is 11.6. The van der Waals surface area contributed by atoms with Crippen LogP contribution in [0, 0.1) is 46.3 Å². The van der Waals surface area contributed by atoms with Crippen molar-refractivity contribution in [3.8, 4) is 0 Å². The van der Waals surface area contributed by atoms with Crippen LogP contribution in [0.15, 0.2) is 11.6 Å². The van der Waals surface area contributed by atoms with E-state index in [1.54, 1.807) is 5.57 Å². The zero-order valence-electron chi connectivity index (χ0n) is 24.3. The van der Waals surface area contributed by atoms with Crippen LogP contribution >= 0.6 is 0 Å². The molecule has 4 rings (SSSR count). The predicted molar refractivity (Wildman–Crippen MR) is 152 cm³/mol. The van der Waals surface area contributed by atoms with Gasteiger partial charge >= 0.3 is 0 Å². The van der Waals surface area contributed by atoms with Gasteiger partial charge in [-0.3, -0.25) is 4.79 Å². The van der Waals surface area contributed by atoms with E-state index in [9.17, 15) is 4.79 Å². The van der Waals surface area contributed by atoms with Gasteiger partial charge < -0.3 is 11.1 Å². The lowest BCUT2D eigenvalue weighted by Crippen LogP contribution is -2.52. The molecule has 0 aromatic carbocycles. The van der Waals surface area contributed by atoms with Gasteiger partial charge in [0.2, 0.25) is 6.29 Å². The lowest BCUT2D eigenvalue weighted by Gasteiger charge is -2.58. The van der Waals surface area contributed by atoms with E-state index in [0.29, 0.717) is 23.4 Å². The van der Waals surface area contributed by atoms with Crippen molar-refractivity contribution in [2.75, 3.05) is 6.54 Å². The first kappa shape index (κ1) is 28.3. The van der Waals surface area contributed by atoms with Crippen LogP contribution in [-0.2, 0) is 4.79 Å². The highest BCUT2D eigenvalue weighted by Crippen LogP contribution is 2.67. The smallest absolute Gasteiger partial charge is 0.216 e. The summed E-state index contributed by atoms with van der Waals surface area (Å²) in [5.74, 6) is 5.34. The normalized spacial score (nSPS) is 39.6. The van der Waals surface area contributed by atoms with Gasteiger partial charge in [-0.1, -0.05) is 72.0 Å². The summed E-state index contributed by atoms with van der Waals surface area (Å²) >= 11 is 0. The zero-order valence-corrected chi connectivity index (χ0v) is 24.3. The summed E-state index contributed by atoms with van der Waals surface area (Å²) in [6.45, 7) is 13.3. The second-order valence-corrected chi connectivity index (χ2v) is 14.4. The van der Waals surface area contributed by atoms with Gasteiger partial charge in [0, 0.05) is 6.04 Å². The van der Waals surface area contributed by atoms with Gasteiger partial charge in [-0.2, -0.15) is 0 Å². The Hall–Kier alpha value is -0.670. The summed E-state index contributed by atoms with van der Waals surface area (Å²) in [6, 6.07) is 0.304. The average molecular weight is 498 g/mol. The van der Waals surface area contributed by atoms with Gasteiger partial charge in [-0.05, 0) is 117 Å². The topological polar surface area (TPSA) is 55.1 Å². The summed E-state index contributed by atoms with van der Waals surface area (Å²) in [5.41, 5.74) is 8.30. The zero-order chi connectivity index (χ0) is 25.9. The van der Waals surface area contributed by atoms with Crippen LogP contribution in [0.5, 0.6) is 0 Å². The highest BCUT2D eigenvalue weighted by molar-refractivity contribution is 5.58. The molecule has 3 N–H and O–H groups in total. The third kappa shape index (κ3) is 5.68. The number of carbonyl (C=O) groups excluding carboxylic acids is 1. The molecule has 3 saturated carbocycles. The number of nitrogens with one attached hydrogen (secondary N) is 1. The number of hydrogen-bond donors (Lipinski definition) is 2. The number of allylic oxidation sites excluding steroid dienone is 1. The molecule has 1 radical (unpaired) electrons. The average Bonchev–Trinajstić information content (AvgIpc) is 3.20. The van der Waals surface area contributed by atoms with Crippen LogP contribution in [0.4, 0.5) is 0 Å². The van der Waals surface area contributed by atoms with Crippen LogP contribution in [0.2, 0.25) is 0 Å². The summed E-state index contributed by atoms with van der Waals surface area (Å²) in [7, 11) is 0. The molecule has 0 aromatic heterocycles. The molecule has 9 atom stereocenters. The van der Waals surface area contributed by atoms with Crippen LogP contribution in [0.1, 0.15) is 125 Å². The number of unbranched alkanes of at least 4 members (excludes halogenated alkanes) is 1. The molecule has 3 heteroatoms. The molecule has 4 unspecified atom stereocenters. The number of rotatable bonds is 12. The van der Waals surface area contributed by atoms with Gasteiger partial charge in [0.1, 0.15) is 0 Å². The summed E-state index contributed by atoms with van der Waals surface area (Å²) in [4.78, 5) is 11.6. The molecular formula is C33H57N2O. The number of nitrogens with two attached hydrogens (primary N) is 1. The summed E-state index contributed by atoms with van der Waals surface area (Å²) in [5, 5.41) is 3.67. The fourth-order valence-electron chi connectivity index (χ4n) is 9.78. The Morgan fingerprint density at radius 1 is 1.00 bits per heavy atom. The van der Waals surface area contributed by atoms with E-state index in [4.69, 9.17) is 5.73 Å². The lowest BCUT2D eigenvalue weighted by atomic mass is 9.47. The largest absolute Gasteiger partial charge is 0.330 e. The van der Waals surface area contributed by atoms with E-state index in [2.05, 4.69) is 52.3 Å². The molecular weight excluding hydrogens is 440 g/mol. The molecule has 3 nitrogen and oxygen atoms in total. The van der Waals surface area contributed by atoms with Gasteiger partial charge in [-0.25, -0.2) is 0 Å². The van der Waals surface area contributed by atoms with Gasteiger partial charge in [0.15, 0.2) is 0 Å². The van der Waals surface area contributed by atoms with Gasteiger partial charge in [-0.15, -0.1) is 0 Å². The Kier molecular flexibility index (Phi) is 9.46. The van der Waals surface area contributed by atoms with Gasteiger partial charge in [0.05, 0.1) is 6.04 Å². The lowest BCUT2D eigenvalue weighted by molar-refractivity contribution is -0.0515. The first-order valence-corrected chi connectivity index (χ1v) is 15.8. The van der Waals surface area contributed by atoms with E-state index >= 15 is 0 Å². The standard InChI is InChI=1S/C33H57N2O/c1-23(2)9-8-10-24(3)29-14-15-30-28-13-12-25-21-26(35-27(22-36)11-6-7-20-34)16-18-32(25,4)31(28)17-19-33(29,30)5/h12,23-24,26-31,35H,6-11,13-21,34H2,1-5H3/t24-,26?,27+,28?,29-,30?,31?,32+,33-/m1/s1. The Labute approximate surface area is 223 Å². The van der Waals surface area contributed by atoms with Crippen LogP contribution in [0.25, 0.3) is 0 Å². The fourth-order valence-corrected chi connectivity index (χ4v) is 9.78. The molecule has 4 aliphatic carbocycles. The minimum atomic E-state index is -0.129. The molecule has 0 saturated heterocycles. The van der Waals surface area contributed by atoms with Crippen molar-refractivity contribution in [1.82, 2.24) is 5.32 Å². The second-order valence-electron chi connectivity index (χ2n) is 14.4. The molecule has 0 spiro atoms. The Bertz CT molecular complexity index is 761. The van der Waals surface area contributed by atoms with Crippen molar-refractivity contribution in [1.29, 1.82) is 0 Å². The molecule has 0 aromatic rings. The van der Waals surface area contributed by atoms with E-state index in [1.807, 2.05) is 0 Å². The van der Waals surface area contributed by atoms with Gasteiger partial charge in [0.25, 0.3) is 0 Å². The number of fused-ring (bicyclic) bond motifs is 5. The Morgan fingerprint density at radius 3 is 2.53 bits per heavy atom. The highest BCUT2D eigenvalue weighted by Gasteiger charge is 2.59. The molecule has 0 heterocycles. The molecule has 4 aliphatic rings. The fraction of sp³-hybridized carbons (Fsp3) is 0.909. The summed E-state index contributed by atoms with van der Waals surface area (Å²) < 4.78 is 0. The quantitative estimate of drug-likeness (QED) is 0.216. The van der Waals surface area contributed by atoms with Crippen molar-refractivity contribution in [3.05, 3.63) is 11.6 Å². The van der Waals surface area contributed by atoms with Crippen LogP contribution in [-0.4, -0.2) is 24.9 Å². The SMILES string of the molecule is CC(C)CCC[C@@H](C)[C@H]1CCC2C3CC=C4CC(N[C@H]([C]=O)CCCCN)CC[C@]4(C)C3CC[C@@]21C. The second kappa shape index (κ2) is 12.0. The van der Waals surface area contributed by atoms with Crippen molar-refractivity contribution < 1.29 is 4.79 Å². The predicted octanol–water partition coefficient (Wildman–Crippen LogP) is 7.59. The molecule has 36 heavy (non-hydrogen) atoms. The maximum absolute atomic E-state index is 11.6. The third-order valence-electron chi connectivity index (χ3n) is 11.8. The monoisotopic (exact) mass is 497 g/mol. The molecule has 0 aliphatic heterocycles. The molecule has 0 amide bonds. The van der Waals surface area contributed by atoms with Crippen molar-refractivity contribution in [2.45, 2.75) is 137 Å². The van der Waals surface area contributed by atoms with Crippen LogP contribution < -0.4 is 11.1 Å². The Balaban J connectivity index is 1.40. The van der Waals surface area contributed by atoms with E-state index in [-0.39, 0.29) is 6.04 Å². The van der Waals surface area contributed by atoms with Crippen molar-refractivity contribution in [2.24, 2.45) is 52.1 Å². The van der Waals surface area contributed by atoms with E-state index in [1.165, 1.54) is 64.2 Å². The van der Waals surface area contributed by atoms with Crippen molar-refractivity contribution >= 4 is 6.29 Å². The number of hydrogen-bond acceptors (Lipinski definition) is 3. The summed E-state index contributed by atoms with van der Waals surface area (Å²) in [6.07, 6.45) is 22.8. The first-order chi connectivity index (χ1) is 17.2. The van der Waals surface area contributed by atoms with Crippen LogP contribution in [0.3, 0.4) is 0 Å².